The number of hydrogen-bond acceptors (Lipinski definition) is 1. The third-order valence-corrected chi connectivity index (χ3v) is 3.66. The second kappa shape index (κ2) is 2.78. The number of fused-ring (bicyclic) bond motifs is 1. The molecule has 2 aliphatic rings. The van der Waals surface area contributed by atoms with Crippen LogP contribution in [-0.4, -0.2) is 12.1 Å². The Balaban J connectivity index is 2.06. The number of piperidine rings is 1. The molecule has 2 unspecified atom stereocenters. The van der Waals surface area contributed by atoms with Crippen molar-refractivity contribution in [3.05, 3.63) is 0 Å². The first-order valence-corrected chi connectivity index (χ1v) is 5.06. The van der Waals surface area contributed by atoms with E-state index in [0.717, 1.165) is 5.92 Å². The second-order valence-electron chi connectivity index (χ2n) is 4.43. The van der Waals surface area contributed by atoms with Gasteiger partial charge in [-0.3, -0.25) is 0 Å². The molecule has 0 amide bonds. The Hall–Kier alpha value is -0.0400. The van der Waals surface area contributed by atoms with Gasteiger partial charge in [-0.2, -0.15) is 0 Å². The fourth-order valence-corrected chi connectivity index (χ4v) is 2.82. The summed E-state index contributed by atoms with van der Waals surface area (Å²) in [6.07, 6.45) is 8.69. The van der Waals surface area contributed by atoms with Crippen molar-refractivity contribution in [1.29, 1.82) is 0 Å². The van der Waals surface area contributed by atoms with Gasteiger partial charge < -0.3 is 5.32 Å². The van der Waals surface area contributed by atoms with Crippen LogP contribution in [-0.2, 0) is 0 Å². The fourth-order valence-electron chi connectivity index (χ4n) is 2.82. The molecule has 2 atom stereocenters. The number of nitrogens with one attached hydrogen (secondary N) is 1. The highest BCUT2D eigenvalue weighted by Gasteiger charge is 2.37. The molecule has 1 aliphatic heterocycles. The molecule has 0 aromatic rings. The molecule has 0 aromatic heterocycles. The van der Waals surface area contributed by atoms with Gasteiger partial charge >= 0.3 is 0 Å². The molecule has 1 aliphatic carbocycles. The molecular weight excluding hydrogens is 134 g/mol. The first-order chi connectivity index (χ1) is 5.31. The lowest BCUT2D eigenvalue weighted by Crippen LogP contribution is -2.53. The summed E-state index contributed by atoms with van der Waals surface area (Å²) in [7, 11) is 0. The van der Waals surface area contributed by atoms with E-state index in [1.807, 2.05) is 0 Å². The minimum absolute atomic E-state index is 0.524. The van der Waals surface area contributed by atoms with Crippen molar-refractivity contribution in [3.8, 4) is 0 Å². The van der Waals surface area contributed by atoms with E-state index >= 15 is 0 Å². The van der Waals surface area contributed by atoms with Gasteiger partial charge in [-0.1, -0.05) is 12.8 Å². The fraction of sp³-hybridized carbons (Fsp3) is 1.00. The van der Waals surface area contributed by atoms with Crippen LogP contribution in [0.15, 0.2) is 0 Å². The quantitative estimate of drug-likeness (QED) is 0.563. The summed E-state index contributed by atoms with van der Waals surface area (Å²) in [6.45, 7) is 3.68. The van der Waals surface area contributed by atoms with Gasteiger partial charge in [-0.05, 0) is 45.1 Å². The molecule has 0 radical (unpaired) electrons. The van der Waals surface area contributed by atoms with E-state index in [4.69, 9.17) is 0 Å². The summed E-state index contributed by atoms with van der Waals surface area (Å²) in [5.74, 6) is 0.991. The van der Waals surface area contributed by atoms with E-state index in [1.54, 1.807) is 0 Å². The lowest BCUT2D eigenvalue weighted by molar-refractivity contribution is 0.120. The minimum atomic E-state index is 0.524. The Morgan fingerprint density at radius 2 is 2.00 bits per heavy atom. The summed E-state index contributed by atoms with van der Waals surface area (Å²) in [5, 5.41) is 3.70. The predicted molar refractivity (Wildman–Crippen MR) is 47.6 cm³/mol. The van der Waals surface area contributed by atoms with Crippen LogP contribution in [0.4, 0.5) is 0 Å². The van der Waals surface area contributed by atoms with Crippen molar-refractivity contribution in [2.75, 3.05) is 6.54 Å². The van der Waals surface area contributed by atoms with Crippen LogP contribution in [0.3, 0.4) is 0 Å². The van der Waals surface area contributed by atoms with Gasteiger partial charge in [-0.25, -0.2) is 0 Å². The monoisotopic (exact) mass is 153 g/mol. The highest BCUT2D eigenvalue weighted by molar-refractivity contribution is 4.95. The molecule has 1 nitrogen and oxygen atoms in total. The van der Waals surface area contributed by atoms with E-state index in [1.165, 1.54) is 45.1 Å². The molecule has 1 heterocycles. The zero-order chi connectivity index (χ0) is 7.73. The Kier molecular flexibility index (Phi) is 1.92. The van der Waals surface area contributed by atoms with Crippen LogP contribution in [0, 0.1) is 5.92 Å². The van der Waals surface area contributed by atoms with Gasteiger partial charge in [-0.15, -0.1) is 0 Å². The van der Waals surface area contributed by atoms with Crippen molar-refractivity contribution < 1.29 is 0 Å². The Morgan fingerprint density at radius 3 is 2.82 bits per heavy atom. The summed E-state index contributed by atoms with van der Waals surface area (Å²) in [4.78, 5) is 0. The SMILES string of the molecule is CC12CCCCC1CCCN2. The molecule has 1 saturated carbocycles. The van der Waals surface area contributed by atoms with Crippen molar-refractivity contribution >= 4 is 0 Å². The Labute approximate surface area is 69.6 Å². The zero-order valence-electron chi connectivity index (χ0n) is 7.53. The summed E-state index contributed by atoms with van der Waals surface area (Å²) >= 11 is 0. The standard InChI is InChI=1S/C10H19N/c1-10-7-3-2-5-9(10)6-4-8-11-10/h9,11H,2-8H2,1H3. The predicted octanol–water partition coefficient (Wildman–Crippen LogP) is 2.32. The van der Waals surface area contributed by atoms with Crippen LogP contribution in [0.25, 0.3) is 0 Å². The Bertz CT molecular complexity index is 130. The second-order valence-corrected chi connectivity index (χ2v) is 4.43. The maximum absolute atomic E-state index is 3.70. The van der Waals surface area contributed by atoms with Crippen molar-refractivity contribution in [1.82, 2.24) is 5.32 Å². The average molecular weight is 153 g/mol. The maximum Gasteiger partial charge on any atom is 0.0181 e. The van der Waals surface area contributed by atoms with Gasteiger partial charge in [0.05, 0.1) is 0 Å². The van der Waals surface area contributed by atoms with Crippen LogP contribution in [0.1, 0.15) is 45.4 Å². The van der Waals surface area contributed by atoms with Crippen LogP contribution < -0.4 is 5.32 Å². The van der Waals surface area contributed by atoms with Gasteiger partial charge in [0.25, 0.3) is 0 Å². The molecule has 1 N–H and O–H groups in total. The minimum Gasteiger partial charge on any atom is -0.311 e. The molecule has 0 bridgehead atoms. The summed E-state index contributed by atoms with van der Waals surface area (Å²) < 4.78 is 0. The molecule has 1 heteroatoms. The van der Waals surface area contributed by atoms with Crippen molar-refractivity contribution in [3.63, 3.8) is 0 Å². The van der Waals surface area contributed by atoms with E-state index < -0.39 is 0 Å². The highest BCUT2D eigenvalue weighted by atomic mass is 15.0. The lowest BCUT2D eigenvalue weighted by Gasteiger charge is -2.45. The maximum atomic E-state index is 3.70. The number of hydrogen-bond donors (Lipinski definition) is 1. The average Bonchev–Trinajstić information content (AvgIpc) is 2.03. The van der Waals surface area contributed by atoms with E-state index in [2.05, 4.69) is 12.2 Å². The highest BCUT2D eigenvalue weighted by Crippen LogP contribution is 2.38. The molecule has 2 rings (SSSR count). The molecular formula is C10H19N. The summed E-state index contributed by atoms with van der Waals surface area (Å²) in [6, 6.07) is 0. The van der Waals surface area contributed by atoms with Crippen molar-refractivity contribution in [2.24, 2.45) is 5.92 Å². The first kappa shape index (κ1) is 7.60. The normalized spacial score (nSPS) is 45.0. The van der Waals surface area contributed by atoms with Gasteiger partial charge in [0.2, 0.25) is 0 Å². The third-order valence-electron chi connectivity index (χ3n) is 3.66. The molecule has 11 heavy (non-hydrogen) atoms. The molecule has 0 aromatic carbocycles. The third kappa shape index (κ3) is 1.31. The zero-order valence-corrected chi connectivity index (χ0v) is 7.53. The van der Waals surface area contributed by atoms with Crippen molar-refractivity contribution in [2.45, 2.75) is 51.0 Å². The topological polar surface area (TPSA) is 12.0 Å². The lowest BCUT2D eigenvalue weighted by atomic mass is 9.70. The molecule has 0 spiro atoms. The number of rotatable bonds is 0. The van der Waals surface area contributed by atoms with Crippen LogP contribution in [0.2, 0.25) is 0 Å². The Morgan fingerprint density at radius 1 is 1.18 bits per heavy atom. The smallest absolute Gasteiger partial charge is 0.0181 e. The molecule has 1 saturated heterocycles. The molecule has 2 fully saturated rings. The van der Waals surface area contributed by atoms with E-state index in [9.17, 15) is 0 Å². The van der Waals surface area contributed by atoms with E-state index in [-0.39, 0.29) is 0 Å². The molecule has 64 valence electrons. The summed E-state index contributed by atoms with van der Waals surface area (Å²) in [5.41, 5.74) is 0.524. The van der Waals surface area contributed by atoms with Crippen LogP contribution >= 0.6 is 0 Å². The van der Waals surface area contributed by atoms with Crippen LogP contribution in [0.5, 0.6) is 0 Å². The van der Waals surface area contributed by atoms with Gasteiger partial charge in [0.15, 0.2) is 0 Å². The largest absolute Gasteiger partial charge is 0.311 e. The van der Waals surface area contributed by atoms with Gasteiger partial charge in [0.1, 0.15) is 0 Å². The van der Waals surface area contributed by atoms with E-state index in [0.29, 0.717) is 5.54 Å². The first-order valence-electron chi connectivity index (χ1n) is 5.06. The van der Waals surface area contributed by atoms with Gasteiger partial charge in [0, 0.05) is 5.54 Å².